The number of aromatic nitrogens is 1. The van der Waals surface area contributed by atoms with E-state index < -0.39 is 10.9 Å². The zero-order valence-corrected chi connectivity index (χ0v) is 12.6. The smallest absolute Gasteiger partial charge is 0.253 e. The fourth-order valence-corrected chi connectivity index (χ4v) is 2.35. The van der Waals surface area contributed by atoms with Crippen molar-refractivity contribution in [3.63, 3.8) is 0 Å². The van der Waals surface area contributed by atoms with Gasteiger partial charge in [-0.3, -0.25) is 14.6 Å². The maximum Gasteiger partial charge on any atom is 0.253 e. The minimum atomic E-state index is -0.577. The molecule has 0 saturated heterocycles. The van der Waals surface area contributed by atoms with Crippen LogP contribution in [0.3, 0.4) is 0 Å². The minimum absolute atomic E-state index is 0.0527. The number of pyridine rings is 1. The van der Waals surface area contributed by atoms with Crippen molar-refractivity contribution >= 4 is 17.1 Å². The van der Waals surface area contributed by atoms with E-state index in [9.17, 15) is 19.8 Å². The summed E-state index contributed by atoms with van der Waals surface area (Å²) in [6.07, 6.45) is 3.53. The van der Waals surface area contributed by atoms with Crippen LogP contribution >= 0.6 is 0 Å². The van der Waals surface area contributed by atoms with Gasteiger partial charge in [0, 0.05) is 24.6 Å². The third-order valence-corrected chi connectivity index (χ3v) is 3.62. The number of phenols is 2. The van der Waals surface area contributed by atoms with Crippen LogP contribution in [0.1, 0.15) is 5.56 Å². The lowest BCUT2D eigenvalue weighted by molar-refractivity contribution is 0.454. The molecule has 1 aromatic heterocycles. The summed E-state index contributed by atoms with van der Waals surface area (Å²) >= 11 is 0. The van der Waals surface area contributed by atoms with E-state index in [0.717, 1.165) is 0 Å². The van der Waals surface area contributed by atoms with Gasteiger partial charge in [0.2, 0.25) is 0 Å². The lowest BCUT2D eigenvalue weighted by Gasteiger charge is -2.15. The van der Waals surface area contributed by atoms with Crippen LogP contribution in [-0.4, -0.2) is 21.7 Å². The maximum atomic E-state index is 11.7. The van der Waals surface area contributed by atoms with Crippen LogP contribution in [0.5, 0.6) is 11.5 Å². The van der Waals surface area contributed by atoms with E-state index >= 15 is 0 Å². The fraction of sp³-hybridized carbons (Fsp3) is 0.118. The standard InChI is InChI=1S/C17H15N3O4/c21-12-1-2-13(22)10(9-12)3-8-19-14-15(17(24)16(14)23)20-11-4-6-18-7-5-11/h1-2,4-7,9,19,21-22H,3,8H2,(H,18,20). The first-order chi connectivity index (χ1) is 11.6. The van der Waals surface area contributed by atoms with Crippen molar-refractivity contribution in [2.75, 3.05) is 17.2 Å². The van der Waals surface area contributed by atoms with Crippen molar-refractivity contribution in [2.45, 2.75) is 6.42 Å². The topological polar surface area (TPSA) is 112 Å². The van der Waals surface area contributed by atoms with Crippen LogP contribution in [0, 0.1) is 0 Å². The highest BCUT2D eigenvalue weighted by atomic mass is 16.3. The van der Waals surface area contributed by atoms with Gasteiger partial charge in [0.05, 0.1) is 0 Å². The largest absolute Gasteiger partial charge is 0.508 e. The van der Waals surface area contributed by atoms with E-state index in [0.29, 0.717) is 24.2 Å². The number of rotatable bonds is 6. The molecule has 2 aromatic carbocycles. The van der Waals surface area contributed by atoms with Gasteiger partial charge in [-0.15, -0.1) is 0 Å². The Morgan fingerprint density at radius 1 is 0.958 bits per heavy atom. The van der Waals surface area contributed by atoms with Crippen LogP contribution < -0.4 is 21.5 Å². The maximum absolute atomic E-state index is 11.7. The Balaban J connectivity index is 1.68. The summed E-state index contributed by atoms with van der Waals surface area (Å²) < 4.78 is 0. The van der Waals surface area contributed by atoms with Crippen LogP contribution in [-0.2, 0) is 6.42 Å². The molecular formula is C17H15N3O4. The monoisotopic (exact) mass is 325 g/mol. The van der Waals surface area contributed by atoms with Crippen molar-refractivity contribution in [3.8, 4) is 11.5 Å². The van der Waals surface area contributed by atoms with E-state index in [1.54, 1.807) is 24.5 Å². The average Bonchev–Trinajstić information content (AvgIpc) is 2.60. The van der Waals surface area contributed by atoms with Crippen molar-refractivity contribution in [1.82, 2.24) is 4.98 Å². The highest BCUT2D eigenvalue weighted by Gasteiger charge is 2.20. The molecule has 7 heteroatoms. The normalized spacial score (nSPS) is 10.7. The fourth-order valence-electron chi connectivity index (χ4n) is 2.35. The lowest BCUT2D eigenvalue weighted by atomic mass is 10.1. The van der Waals surface area contributed by atoms with Gasteiger partial charge in [0.1, 0.15) is 22.9 Å². The number of benzene rings is 1. The van der Waals surface area contributed by atoms with Gasteiger partial charge in [0.25, 0.3) is 10.9 Å². The van der Waals surface area contributed by atoms with Crippen molar-refractivity contribution in [2.24, 2.45) is 0 Å². The first-order valence-electron chi connectivity index (χ1n) is 7.31. The highest BCUT2D eigenvalue weighted by molar-refractivity contribution is 5.78. The molecule has 122 valence electrons. The van der Waals surface area contributed by atoms with Gasteiger partial charge in [-0.25, -0.2) is 0 Å². The molecule has 3 aromatic rings. The Labute approximate surface area is 136 Å². The first-order valence-corrected chi connectivity index (χ1v) is 7.31. The lowest BCUT2D eigenvalue weighted by Crippen LogP contribution is -2.37. The van der Waals surface area contributed by atoms with Gasteiger partial charge in [-0.1, -0.05) is 0 Å². The van der Waals surface area contributed by atoms with Gasteiger partial charge in [0.15, 0.2) is 0 Å². The Hall–Kier alpha value is -3.35. The Morgan fingerprint density at radius 3 is 2.42 bits per heavy atom. The quantitative estimate of drug-likeness (QED) is 0.401. The molecule has 0 amide bonds. The Kier molecular flexibility index (Phi) is 4.15. The summed E-state index contributed by atoms with van der Waals surface area (Å²) in [7, 11) is 0. The van der Waals surface area contributed by atoms with E-state index in [1.807, 2.05) is 0 Å². The van der Waals surface area contributed by atoms with Gasteiger partial charge >= 0.3 is 0 Å². The van der Waals surface area contributed by atoms with Crippen LogP contribution in [0.4, 0.5) is 17.1 Å². The molecule has 3 rings (SSSR count). The van der Waals surface area contributed by atoms with Crippen molar-refractivity contribution in [3.05, 3.63) is 68.7 Å². The Morgan fingerprint density at radius 2 is 1.67 bits per heavy atom. The predicted molar refractivity (Wildman–Crippen MR) is 90.8 cm³/mol. The highest BCUT2D eigenvalue weighted by Crippen LogP contribution is 2.23. The number of hydrogen-bond donors (Lipinski definition) is 4. The number of anilines is 3. The second-order valence-corrected chi connectivity index (χ2v) is 5.26. The second-order valence-electron chi connectivity index (χ2n) is 5.26. The molecule has 0 spiro atoms. The van der Waals surface area contributed by atoms with Crippen LogP contribution in [0.15, 0.2) is 52.3 Å². The van der Waals surface area contributed by atoms with E-state index in [-0.39, 0.29) is 22.9 Å². The average molecular weight is 325 g/mol. The van der Waals surface area contributed by atoms with E-state index in [1.165, 1.54) is 18.2 Å². The summed E-state index contributed by atoms with van der Waals surface area (Å²) in [4.78, 5) is 27.3. The van der Waals surface area contributed by atoms with Crippen molar-refractivity contribution in [1.29, 1.82) is 0 Å². The second kappa shape index (κ2) is 6.41. The molecule has 0 saturated carbocycles. The molecule has 0 fully saturated rings. The summed E-state index contributed by atoms with van der Waals surface area (Å²) in [5, 5.41) is 25.0. The minimum Gasteiger partial charge on any atom is -0.508 e. The van der Waals surface area contributed by atoms with Crippen molar-refractivity contribution < 1.29 is 10.2 Å². The molecule has 0 bridgehead atoms. The van der Waals surface area contributed by atoms with Crippen LogP contribution in [0.2, 0.25) is 0 Å². The van der Waals surface area contributed by atoms with Crippen LogP contribution in [0.25, 0.3) is 0 Å². The Bertz CT molecular complexity index is 931. The summed E-state index contributed by atoms with van der Waals surface area (Å²) in [5.74, 6) is 0.117. The molecule has 0 aliphatic rings. The number of nitrogens with one attached hydrogen (secondary N) is 2. The number of phenolic OH excluding ortho intramolecular Hbond substituents is 2. The first kappa shape index (κ1) is 15.5. The molecule has 0 aliphatic carbocycles. The predicted octanol–water partition coefficient (Wildman–Crippen LogP) is 1.49. The van der Waals surface area contributed by atoms with E-state index in [4.69, 9.17) is 0 Å². The number of aromatic hydroxyl groups is 2. The molecule has 0 atom stereocenters. The van der Waals surface area contributed by atoms with Gasteiger partial charge in [-0.05, 0) is 42.3 Å². The molecular weight excluding hydrogens is 310 g/mol. The molecule has 0 aliphatic heterocycles. The zero-order chi connectivity index (χ0) is 17.1. The molecule has 24 heavy (non-hydrogen) atoms. The molecule has 4 N–H and O–H groups in total. The van der Waals surface area contributed by atoms with E-state index in [2.05, 4.69) is 15.6 Å². The number of hydrogen-bond acceptors (Lipinski definition) is 7. The zero-order valence-electron chi connectivity index (χ0n) is 12.6. The number of nitrogens with zero attached hydrogens (tertiary/aromatic N) is 1. The summed E-state index contributed by atoms with van der Waals surface area (Å²) in [6, 6.07) is 7.62. The molecule has 1 heterocycles. The van der Waals surface area contributed by atoms with Gasteiger partial charge in [-0.2, -0.15) is 0 Å². The SMILES string of the molecule is O=c1c(NCCc2cc(O)ccc2O)c(Nc2ccncc2)c1=O. The third kappa shape index (κ3) is 3.05. The third-order valence-electron chi connectivity index (χ3n) is 3.62. The molecule has 0 radical (unpaired) electrons. The summed E-state index contributed by atoms with van der Waals surface area (Å²) in [6.45, 7) is 0.326. The molecule has 0 unspecified atom stereocenters. The summed E-state index contributed by atoms with van der Waals surface area (Å²) in [5.41, 5.74) is 0.486. The molecule has 7 nitrogen and oxygen atoms in total. The van der Waals surface area contributed by atoms with Gasteiger partial charge < -0.3 is 20.8 Å².